The van der Waals surface area contributed by atoms with Crippen molar-refractivity contribution >= 4 is 34.8 Å². The summed E-state index contributed by atoms with van der Waals surface area (Å²) in [5.41, 5.74) is 2.95. The molecule has 0 unspecified atom stereocenters. The summed E-state index contributed by atoms with van der Waals surface area (Å²) in [6.07, 6.45) is 0.625. The number of amides is 1. The van der Waals surface area contributed by atoms with Crippen molar-refractivity contribution in [3.05, 3.63) is 63.6 Å². The highest BCUT2D eigenvalue weighted by atomic mass is 35.5. The minimum absolute atomic E-state index is 0.0345. The van der Waals surface area contributed by atoms with Gasteiger partial charge in [0.2, 0.25) is 5.91 Å². The Bertz CT molecular complexity index is 654. The number of fused-ring (bicyclic) bond motifs is 1. The summed E-state index contributed by atoms with van der Waals surface area (Å²) in [6, 6.07) is 13.2. The lowest BCUT2D eigenvalue weighted by Gasteiger charge is -2.09. The van der Waals surface area contributed by atoms with E-state index in [1.165, 1.54) is 0 Å². The van der Waals surface area contributed by atoms with Crippen molar-refractivity contribution in [2.24, 2.45) is 0 Å². The maximum absolute atomic E-state index is 12.0. The summed E-state index contributed by atoms with van der Waals surface area (Å²) in [5, 5.41) is 3.94. The first-order valence-electron chi connectivity index (χ1n) is 5.99. The van der Waals surface area contributed by atoms with Crippen LogP contribution in [0.4, 0.5) is 5.69 Å². The van der Waals surface area contributed by atoms with E-state index in [9.17, 15) is 4.79 Å². The Morgan fingerprint density at radius 1 is 1.05 bits per heavy atom. The topological polar surface area (TPSA) is 29.1 Å². The zero-order chi connectivity index (χ0) is 13.4. The lowest BCUT2D eigenvalue weighted by molar-refractivity contribution is -0.117. The van der Waals surface area contributed by atoms with Crippen LogP contribution in [0.25, 0.3) is 0 Å². The summed E-state index contributed by atoms with van der Waals surface area (Å²) in [7, 11) is 0. The molecule has 1 heterocycles. The van der Waals surface area contributed by atoms with Crippen LogP contribution in [0.3, 0.4) is 0 Å². The third kappa shape index (κ3) is 2.34. The molecule has 0 fully saturated rings. The van der Waals surface area contributed by atoms with Crippen LogP contribution < -0.4 is 5.32 Å². The van der Waals surface area contributed by atoms with E-state index in [0.29, 0.717) is 16.5 Å². The molecule has 1 aliphatic heterocycles. The van der Waals surface area contributed by atoms with E-state index in [4.69, 9.17) is 23.2 Å². The molecule has 4 heteroatoms. The predicted octanol–water partition coefficient (Wildman–Crippen LogP) is 4.27. The quantitative estimate of drug-likeness (QED) is 0.879. The third-order valence-electron chi connectivity index (χ3n) is 3.33. The summed E-state index contributed by atoms with van der Waals surface area (Å²) in [5.74, 6) is -0.124. The standard InChI is InChI=1S/C15H11Cl2NO/c16-12-6-5-9(8-13(12)17)7-11-10-3-1-2-4-14(10)18-15(11)19/h1-6,8,11H,7H2,(H,18,19)/t11-/m1/s1. The number of carbonyl (C=O) groups is 1. The Morgan fingerprint density at radius 2 is 1.84 bits per heavy atom. The van der Waals surface area contributed by atoms with Gasteiger partial charge in [-0.15, -0.1) is 0 Å². The fourth-order valence-corrected chi connectivity index (χ4v) is 2.70. The van der Waals surface area contributed by atoms with Crippen LogP contribution in [0.2, 0.25) is 10.0 Å². The molecule has 1 atom stereocenters. The van der Waals surface area contributed by atoms with Crippen LogP contribution in [0.15, 0.2) is 42.5 Å². The zero-order valence-electron chi connectivity index (χ0n) is 9.99. The van der Waals surface area contributed by atoms with E-state index >= 15 is 0 Å². The Hall–Kier alpha value is -1.51. The van der Waals surface area contributed by atoms with Gasteiger partial charge in [-0.3, -0.25) is 4.79 Å². The molecule has 2 aromatic rings. The van der Waals surface area contributed by atoms with Crippen LogP contribution in [0, 0.1) is 0 Å². The molecule has 2 nitrogen and oxygen atoms in total. The van der Waals surface area contributed by atoms with Crippen molar-refractivity contribution in [1.29, 1.82) is 0 Å². The van der Waals surface area contributed by atoms with Crippen LogP contribution in [-0.4, -0.2) is 5.91 Å². The Labute approximate surface area is 121 Å². The number of hydrogen-bond acceptors (Lipinski definition) is 1. The van der Waals surface area contributed by atoms with E-state index in [1.54, 1.807) is 6.07 Å². The van der Waals surface area contributed by atoms with Gasteiger partial charge in [0.05, 0.1) is 16.0 Å². The molecule has 0 aromatic heterocycles. The average Bonchev–Trinajstić information content (AvgIpc) is 2.71. The molecule has 1 aliphatic rings. The van der Waals surface area contributed by atoms with E-state index in [-0.39, 0.29) is 11.8 Å². The molecule has 0 bridgehead atoms. The number of benzene rings is 2. The fourth-order valence-electron chi connectivity index (χ4n) is 2.38. The molecular weight excluding hydrogens is 281 g/mol. The number of para-hydroxylation sites is 1. The Balaban J connectivity index is 1.91. The summed E-state index contributed by atoms with van der Waals surface area (Å²) < 4.78 is 0. The lowest BCUT2D eigenvalue weighted by Crippen LogP contribution is -2.14. The van der Waals surface area contributed by atoms with Gasteiger partial charge in [-0.25, -0.2) is 0 Å². The van der Waals surface area contributed by atoms with Crippen molar-refractivity contribution < 1.29 is 4.79 Å². The number of halogens is 2. The Morgan fingerprint density at radius 3 is 2.63 bits per heavy atom. The first-order chi connectivity index (χ1) is 9.15. The number of rotatable bonds is 2. The monoisotopic (exact) mass is 291 g/mol. The molecule has 96 valence electrons. The SMILES string of the molecule is O=C1Nc2ccccc2[C@H]1Cc1ccc(Cl)c(Cl)c1. The second-order valence-electron chi connectivity index (χ2n) is 4.58. The van der Waals surface area contributed by atoms with Gasteiger partial charge in [0.1, 0.15) is 0 Å². The molecule has 19 heavy (non-hydrogen) atoms. The lowest BCUT2D eigenvalue weighted by atomic mass is 9.93. The normalized spacial score (nSPS) is 17.2. The average molecular weight is 292 g/mol. The van der Waals surface area contributed by atoms with Gasteiger partial charge in [0.25, 0.3) is 0 Å². The summed E-state index contributed by atoms with van der Waals surface area (Å²) in [4.78, 5) is 12.0. The smallest absolute Gasteiger partial charge is 0.232 e. The van der Waals surface area contributed by atoms with Crippen molar-refractivity contribution in [2.45, 2.75) is 12.3 Å². The molecular formula is C15H11Cl2NO. The van der Waals surface area contributed by atoms with Gasteiger partial charge in [0, 0.05) is 5.69 Å². The Kier molecular flexibility index (Phi) is 3.21. The molecule has 2 aromatic carbocycles. The molecule has 3 rings (SSSR count). The number of nitrogens with one attached hydrogen (secondary N) is 1. The van der Waals surface area contributed by atoms with Crippen LogP contribution in [0.5, 0.6) is 0 Å². The van der Waals surface area contributed by atoms with E-state index in [1.807, 2.05) is 36.4 Å². The highest BCUT2D eigenvalue weighted by Crippen LogP contribution is 2.35. The highest BCUT2D eigenvalue weighted by molar-refractivity contribution is 6.42. The van der Waals surface area contributed by atoms with Crippen LogP contribution in [-0.2, 0) is 11.2 Å². The number of carbonyl (C=O) groups excluding carboxylic acids is 1. The van der Waals surface area contributed by atoms with Crippen molar-refractivity contribution in [1.82, 2.24) is 0 Å². The number of anilines is 1. The van der Waals surface area contributed by atoms with E-state index < -0.39 is 0 Å². The maximum Gasteiger partial charge on any atom is 0.232 e. The molecule has 0 radical (unpaired) electrons. The summed E-state index contributed by atoms with van der Waals surface area (Å²) in [6.45, 7) is 0. The zero-order valence-corrected chi connectivity index (χ0v) is 11.5. The molecule has 1 N–H and O–H groups in total. The van der Waals surface area contributed by atoms with Crippen LogP contribution in [0.1, 0.15) is 17.0 Å². The molecule has 0 saturated heterocycles. The molecule has 0 spiro atoms. The molecule has 0 saturated carbocycles. The minimum Gasteiger partial charge on any atom is -0.325 e. The van der Waals surface area contributed by atoms with Crippen LogP contribution >= 0.6 is 23.2 Å². The van der Waals surface area contributed by atoms with Gasteiger partial charge in [-0.2, -0.15) is 0 Å². The van der Waals surface area contributed by atoms with E-state index in [0.717, 1.165) is 16.8 Å². The van der Waals surface area contributed by atoms with E-state index in [2.05, 4.69) is 5.32 Å². The maximum atomic E-state index is 12.0. The van der Waals surface area contributed by atoms with Gasteiger partial charge in [-0.05, 0) is 35.7 Å². The first kappa shape index (κ1) is 12.5. The number of hydrogen-bond donors (Lipinski definition) is 1. The highest BCUT2D eigenvalue weighted by Gasteiger charge is 2.30. The largest absolute Gasteiger partial charge is 0.325 e. The van der Waals surface area contributed by atoms with Gasteiger partial charge < -0.3 is 5.32 Å². The predicted molar refractivity (Wildman–Crippen MR) is 78.0 cm³/mol. The first-order valence-corrected chi connectivity index (χ1v) is 6.74. The third-order valence-corrected chi connectivity index (χ3v) is 4.07. The fraction of sp³-hybridized carbons (Fsp3) is 0.133. The minimum atomic E-state index is -0.159. The van der Waals surface area contributed by atoms with Gasteiger partial charge in [-0.1, -0.05) is 47.5 Å². The van der Waals surface area contributed by atoms with Crippen molar-refractivity contribution in [3.8, 4) is 0 Å². The van der Waals surface area contributed by atoms with Crippen molar-refractivity contribution in [3.63, 3.8) is 0 Å². The van der Waals surface area contributed by atoms with Gasteiger partial charge in [0.15, 0.2) is 0 Å². The van der Waals surface area contributed by atoms with Crippen molar-refractivity contribution in [2.75, 3.05) is 5.32 Å². The second-order valence-corrected chi connectivity index (χ2v) is 5.40. The molecule has 0 aliphatic carbocycles. The second kappa shape index (κ2) is 4.87. The molecule has 1 amide bonds. The summed E-state index contributed by atoms with van der Waals surface area (Å²) >= 11 is 11.9. The van der Waals surface area contributed by atoms with Gasteiger partial charge >= 0.3 is 0 Å².